The first-order chi connectivity index (χ1) is 13.3. The molecule has 0 aliphatic heterocycles. The van der Waals surface area contributed by atoms with Crippen molar-refractivity contribution in [2.24, 2.45) is 11.8 Å². The summed E-state index contributed by atoms with van der Waals surface area (Å²) in [7, 11) is 0. The van der Waals surface area contributed by atoms with Gasteiger partial charge in [-0.15, -0.1) is 0 Å². The third-order valence-electron chi connectivity index (χ3n) is 5.49. The molecule has 1 aromatic heterocycles. The summed E-state index contributed by atoms with van der Waals surface area (Å²) in [6.07, 6.45) is 12.2. The molecule has 2 atom stereocenters. The number of rotatable bonds is 4. The largest absolute Gasteiger partial charge is 0.256 e. The molecular weight excluding hydrogens is 326 g/mol. The first-order valence-electron chi connectivity index (χ1n) is 9.72. The summed E-state index contributed by atoms with van der Waals surface area (Å²) < 4.78 is 0. The van der Waals surface area contributed by atoms with E-state index in [4.69, 9.17) is 4.98 Å². The number of aromatic nitrogens is 1. The fraction of sp³-hybridized carbons (Fsp3) is 0.192. The maximum Gasteiger partial charge on any atom is 0.0743 e. The zero-order valence-electron chi connectivity index (χ0n) is 16.0. The maximum absolute atomic E-state index is 4.83. The predicted octanol–water partition coefficient (Wildman–Crippen LogP) is 6.93. The van der Waals surface area contributed by atoms with Crippen LogP contribution in [0.15, 0.2) is 91.2 Å². The van der Waals surface area contributed by atoms with Crippen LogP contribution in [-0.2, 0) is 0 Å². The Balaban J connectivity index is 1.87. The Hall–Kier alpha value is -2.93. The van der Waals surface area contributed by atoms with Crippen molar-refractivity contribution < 1.29 is 0 Å². The van der Waals surface area contributed by atoms with Crippen LogP contribution >= 0.6 is 0 Å². The van der Waals surface area contributed by atoms with E-state index in [1.807, 2.05) is 6.20 Å². The molecule has 0 fully saturated rings. The minimum absolute atomic E-state index is 0.437. The number of nitrogens with zero attached hydrogens (tertiary/aromatic N) is 1. The van der Waals surface area contributed by atoms with Gasteiger partial charge in [-0.1, -0.05) is 79.7 Å². The van der Waals surface area contributed by atoms with Gasteiger partial charge >= 0.3 is 0 Å². The van der Waals surface area contributed by atoms with E-state index >= 15 is 0 Å². The molecule has 0 N–H and O–H groups in total. The van der Waals surface area contributed by atoms with Crippen LogP contribution in [0.3, 0.4) is 0 Å². The Morgan fingerprint density at radius 3 is 2.59 bits per heavy atom. The SMILES string of the molecule is CC=CC(C)C1CC=C(c2ccccc2)C=C1c1nccc2ccccc12. The lowest BCUT2D eigenvalue weighted by atomic mass is 9.77. The van der Waals surface area contributed by atoms with Crippen molar-refractivity contribution in [1.82, 2.24) is 4.98 Å². The van der Waals surface area contributed by atoms with Crippen LogP contribution in [0, 0.1) is 11.8 Å². The van der Waals surface area contributed by atoms with Gasteiger partial charge in [0.1, 0.15) is 0 Å². The third kappa shape index (κ3) is 3.50. The molecule has 1 heteroatoms. The van der Waals surface area contributed by atoms with Crippen molar-refractivity contribution in [3.8, 4) is 0 Å². The third-order valence-corrected chi connectivity index (χ3v) is 5.49. The first kappa shape index (κ1) is 17.5. The van der Waals surface area contributed by atoms with Gasteiger partial charge in [-0.25, -0.2) is 0 Å². The zero-order chi connectivity index (χ0) is 18.6. The molecule has 134 valence electrons. The molecule has 0 saturated heterocycles. The van der Waals surface area contributed by atoms with Gasteiger partial charge in [-0.3, -0.25) is 4.98 Å². The highest BCUT2D eigenvalue weighted by Crippen LogP contribution is 2.40. The molecule has 0 bridgehead atoms. The van der Waals surface area contributed by atoms with Crippen molar-refractivity contribution in [2.45, 2.75) is 20.3 Å². The number of hydrogen-bond acceptors (Lipinski definition) is 1. The highest BCUT2D eigenvalue weighted by molar-refractivity contribution is 5.96. The Morgan fingerprint density at radius 2 is 1.78 bits per heavy atom. The number of fused-ring (bicyclic) bond motifs is 1. The average molecular weight is 351 g/mol. The zero-order valence-corrected chi connectivity index (χ0v) is 16.0. The molecule has 1 aliphatic rings. The van der Waals surface area contributed by atoms with Gasteiger partial charge in [-0.05, 0) is 59.4 Å². The fourth-order valence-corrected chi connectivity index (χ4v) is 4.08. The molecule has 1 nitrogen and oxygen atoms in total. The van der Waals surface area contributed by atoms with Crippen molar-refractivity contribution >= 4 is 21.9 Å². The standard InChI is InChI=1S/C26H25N/c1-3-9-19(2)23-15-14-22(20-10-5-4-6-11-20)18-25(23)26-24-13-8-7-12-21(24)16-17-27-26/h3-14,16-19,23H,15H2,1-2H3. The van der Waals surface area contributed by atoms with Crippen LogP contribution in [0.2, 0.25) is 0 Å². The van der Waals surface area contributed by atoms with Crippen LogP contribution in [0.25, 0.3) is 21.9 Å². The summed E-state index contributed by atoms with van der Waals surface area (Å²) in [4.78, 5) is 4.83. The molecule has 4 rings (SSSR count). The molecule has 3 aromatic rings. The smallest absolute Gasteiger partial charge is 0.0743 e. The number of hydrogen-bond donors (Lipinski definition) is 0. The summed E-state index contributed by atoms with van der Waals surface area (Å²) in [5.74, 6) is 0.905. The highest BCUT2D eigenvalue weighted by atomic mass is 14.7. The van der Waals surface area contributed by atoms with Crippen molar-refractivity contribution in [2.75, 3.05) is 0 Å². The summed E-state index contributed by atoms with van der Waals surface area (Å²) in [5.41, 5.74) is 5.03. The van der Waals surface area contributed by atoms with Crippen molar-refractivity contribution in [3.05, 3.63) is 102 Å². The molecule has 27 heavy (non-hydrogen) atoms. The van der Waals surface area contributed by atoms with Gasteiger partial charge in [0, 0.05) is 11.6 Å². The van der Waals surface area contributed by atoms with Crippen LogP contribution in [0.4, 0.5) is 0 Å². The lowest BCUT2D eigenvalue weighted by Crippen LogP contribution is -2.15. The van der Waals surface area contributed by atoms with E-state index in [-0.39, 0.29) is 0 Å². The summed E-state index contributed by atoms with van der Waals surface area (Å²) in [6.45, 7) is 4.41. The van der Waals surface area contributed by atoms with Gasteiger partial charge < -0.3 is 0 Å². The minimum atomic E-state index is 0.437. The molecule has 2 aromatic carbocycles. The van der Waals surface area contributed by atoms with Crippen molar-refractivity contribution in [3.63, 3.8) is 0 Å². The van der Waals surface area contributed by atoms with E-state index in [2.05, 4.69) is 98.8 Å². The molecule has 2 unspecified atom stereocenters. The van der Waals surface area contributed by atoms with E-state index in [9.17, 15) is 0 Å². The van der Waals surface area contributed by atoms with Gasteiger partial charge in [-0.2, -0.15) is 0 Å². The molecule has 0 radical (unpaired) electrons. The summed E-state index contributed by atoms with van der Waals surface area (Å²) in [6, 6.07) is 21.3. The van der Waals surface area contributed by atoms with E-state index in [0.29, 0.717) is 11.8 Å². The van der Waals surface area contributed by atoms with Crippen LogP contribution in [-0.4, -0.2) is 4.98 Å². The normalized spacial score (nSPS) is 18.4. The Kier molecular flexibility index (Phi) is 5.02. The second kappa shape index (κ2) is 7.75. The van der Waals surface area contributed by atoms with Crippen LogP contribution < -0.4 is 0 Å². The second-order valence-corrected chi connectivity index (χ2v) is 7.23. The van der Waals surface area contributed by atoms with Gasteiger partial charge in [0.05, 0.1) is 5.69 Å². The van der Waals surface area contributed by atoms with E-state index < -0.39 is 0 Å². The van der Waals surface area contributed by atoms with Crippen LogP contribution in [0.1, 0.15) is 31.5 Å². The molecule has 0 amide bonds. The Morgan fingerprint density at radius 1 is 1.00 bits per heavy atom. The number of benzene rings is 2. The first-order valence-corrected chi connectivity index (χ1v) is 9.72. The monoisotopic (exact) mass is 351 g/mol. The number of pyridine rings is 1. The second-order valence-electron chi connectivity index (χ2n) is 7.23. The van der Waals surface area contributed by atoms with Gasteiger partial charge in [0.25, 0.3) is 0 Å². The van der Waals surface area contributed by atoms with Crippen molar-refractivity contribution in [1.29, 1.82) is 0 Å². The fourth-order valence-electron chi connectivity index (χ4n) is 4.08. The van der Waals surface area contributed by atoms with E-state index in [1.165, 1.54) is 27.5 Å². The Bertz CT molecular complexity index is 1020. The molecular formula is C26H25N. The predicted molar refractivity (Wildman–Crippen MR) is 116 cm³/mol. The molecule has 0 spiro atoms. The summed E-state index contributed by atoms with van der Waals surface area (Å²) >= 11 is 0. The van der Waals surface area contributed by atoms with Crippen LogP contribution in [0.5, 0.6) is 0 Å². The lowest BCUT2D eigenvalue weighted by molar-refractivity contribution is 0.530. The lowest BCUT2D eigenvalue weighted by Gasteiger charge is -2.28. The maximum atomic E-state index is 4.83. The quantitative estimate of drug-likeness (QED) is 0.464. The topological polar surface area (TPSA) is 12.9 Å². The molecule has 0 saturated carbocycles. The Labute approximate surface area is 161 Å². The highest BCUT2D eigenvalue weighted by Gasteiger charge is 2.25. The molecule has 1 heterocycles. The van der Waals surface area contributed by atoms with Gasteiger partial charge in [0.15, 0.2) is 0 Å². The van der Waals surface area contributed by atoms with Gasteiger partial charge in [0.2, 0.25) is 0 Å². The minimum Gasteiger partial charge on any atom is -0.256 e. The van der Waals surface area contributed by atoms with E-state index in [1.54, 1.807) is 0 Å². The number of allylic oxidation sites excluding steroid dienone is 6. The van der Waals surface area contributed by atoms with E-state index in [0.717, 1.165) is 12.1 Å². The molecule has 1 aliphatic carbocycles. The summed E-state index contributed by atoms with van der Waals surface area (Å²) in [5, 5.41) is 2.48. The average Bonchev–Trinajstić information content (AvgIpc) is 2.74.